The molecule has 0 spiro atoms. The van der Waals surface area contributed by atoms with Gasteiger partial charge in [0.1, 0.15) is 5.69 Å². The average molecular weight is 441 g/mol. The van der Waals surface area contributed by atoms with Crippen LogP contribution in [0.15, 0.2) is 34.8 Å². The van der Waals surface area contributed by atoms with Gasteiger partial charge in [-0.3, -0.25) is 0 Å². The van der Waals surface area contributed by atoms with Crippen molar-refractivity contribution >= 4 is 33.2 Å². The minimum atomic E-state index is -4.49. The topological polar surface area (TPSA) is 30.2 Å². The second-order valence-corrected chi connectivity index (χ2v) is 6.50. The van der Waals surface area contributed by atoms with Crippen molar-refractivity contribution in [1.29, 1.82) is 0 Å². The van der Waals surface area contributed by atoms with Crippen molar-refractivity contribution in [3.63, 3.8) is 0 Å². The lowest BCUT2D eigenvalue weighted by atomic mass is 10.1. The SMILES string of the molecule is Cc1nn2c(C(F)(F)Cl)cc(-c3ccc(C(F)(F)F)cc3)nc2c1Br. The minimum absolute atomic E-state index is 0.0529. The molecular formula is C15H8BrClF5N3. The maximum absolute atomic E-state index is 13.8. The molecule has 0 aliphatic carbocycles. The Balaban J connectivity index is 2.22. The van der Waals surface area contributed by atoms with Gasteiger partial charge in [0, 0.05) is 5.56 Å². The summed E-state index contributed by atoms with van der Waals surface area (Å²) < 4.78 is 66.8. The summed E-state index contributed by atoms with van der Waals surface area (Å²) in [4.78, 5) is 4.21. The molecule has 0 saturated heterocycles. The Morgan fingerprint density at radius 2 is 1.68 bits per heavy atom. The monoisotopic (exact) mass is 439 g/mol. The molecule has 25 heavy (non-hydrogen) atoms. The summed E-state index contributed by atoms with van der Waals surface area (Å²) >= 11 is 8.37. The molecule has 2 heterocycles. The lowest BCUT2D eigenvalue weighted by Gasteiger charge is -2.13. The predicted molar refractivity (Wildman–Crippen MR) is 85.6 cm³/mol. The molecule has 132 valence electrons. The number of rotatable bonds is 2. The fourth-order valence-corrected chi connectivity index (χ4v) is 2.75. The van der Waals surface area contributed by atoms with Crippen LogP contribution in [0.4, 0.5) is 22.0 Å². The van der Waals surface area contributed by atoms with Crippen LogP contribution in [0.2, 0.25) is 0 Å². The zero-order valence-electron chi connectivity index (χ0n) is 12.4. The first kappa shape index (κ1) is 18.1. The maximum Gasteiger partial charge on any atom is 0.416 e. The molecule has 0 radical (unpaired) electrons. The van der Waals surface area contributed by atoms with Gasteiger partial charge in [-0.2, -0.15) is 27.1 Å². The molecule has 3 nitrogen and oxygen atoms in total. The molecular weight excluding hydrogens is 433 g/mol. The number of benzene rings is 1. The Morgan fingerprint density at radius 3 is 2.20 bits per heavy atom. The Kier molecular flexibility index (Phi) is 4.27. The number of nitrogens with zero attached hydrogens (tertiary/aromatic N) is 3. The van der Waals surface area contributed by atoms with Crippen LogP contribution >= 0.6 is 27.5 Å². The molecule has 0 aliphatic heterocycles. The third kappa shape index (κ3) is 3.35. The number of halogens is 7. The van der Waals surface area contributed by atoms with E-state index >= 15 is 0 Å². The van der Waals surface area contributed by atoms with E-state index in [1.165, 1.54) is 0 Å². The molecule has 3 aromatic rings. The zero-order chi connectivity index (χ0) is 18.6. The fraction of sp³-hybridized carbons (Fsp3) is 0.200. The normalized spacial score (nSPS) is 12.8. The molecule has 0 bridgehead atoms. The van der Waals surface area contributed by atoms with Crippen molar-refractivity contribution in [3.8, 4) is 11.3 Å². The van der Waals surface area contributed by atoms with Crippen LogP contribution in [-0.4, -0.2) is 14.6 Å². The van der Waals surface area contributed by atoms with E-state index in [-0.39, 0.29) is 16.9 Å². The lowest BCUT2D eigenvalue weighted by Crippen LogP contribution is -2.12. The van der Waals surface area contributed by atoms with Gasteiger partial charge in [-0.1, -0.05) is 12.1 Å². The summed E-state index contributed by atoms with van der Waals surface area (Å²) in [6.07, 6.45) is -4.49. The van der Waals surface area contributed by atoms with E-state index in [0.717, 1.165) is 34.8 Å². The molecule has 0 fully saturated rings. The van der Waals surface area contributed by atoms with E-state index in [2.05, 4.69) is 26.0 Å². The number of fused-ring (bicyclic) bond motifs is 1. The van der Waals surface area contributed by atoms with E-state index in [0.29, 0.717) is 10.2 Å². The molecule has 1 aromatic carbocycles. The largest absolute Gasteiger partial charge is 0.416 e. The van der Waals surface area contributed by atoms with Crippen molar-refractivity contribution in [2.75, 3.05) is 0 Å². The smallest absolute Gasteiger partial charge is 0.227 e. The molecule has 0 aliphatic rings. The summed E-state index contributed by atoms with van der Waals surface area (Å²) in [5.41, 5.74) is -0.686. The molecule has 0 atom stereocenters. The molecule has 0 saturated carbocycles. The van der Waals surface area contributed by atoms with Gasteiger partial charge in [-0.25, -0.2) is 9.50 Å². The Morgan fingerprint density at radius 1 is 1.08 bits per heavy atom. The number of alkyl halides is 6. The highest BCUT2D eigenvalue weighted by Gasteiger charge is 2.34. The summed E-state index contributed by atoms with van der Waals surface area (Å²) in [6, 6.07) is 5.04. The van der Waals surface area contributed by atoms with Gasteiger partial charge in [0.15, 0.2) is 5.65 Å². The summed E-state index contributed by atoms with van der Waals surface area (Å²) in [6.45, 7) is 1.59. The standard InChI is InChI=1S/C15H8BrClF5N3/c1-7-12(16)13-23-10(6-11(14(17,18)19)25(13)24-7)8-2-4-9(5-3-8)15(20,21)22/h2-6H,1H3. The van der Waals surface area contributed by atoms with Crippen LogP contribution < -0.4 is 0 Å². The fourth-order valence-electron chi connectivity index (χ4n) is 2.28. The van der Waals surface area contributed by atoms with E-state index in [9.17, 15) is 22.0 Å². The summed E-state index contributed by atoms with van der Waals surface area (Å²) in [5.74, 6) is 0. The van der Waals surface area contributed by atoms with Gasteiger partial charge in [0.25, 0.3) is 0 Å². The zero-order valence-corrected chi connectivity index (χ0v) is 14.7. The van der Waals surface area contributed by atoms with Crippen LogP contribution in [0.1, 0.15) is 17.0 Å². The van der Waals surface area contributed by atoms with Gasteiger partial charge < -0.3 is 0 Å². The van der Waals surface area contributed by atoms with Crippen LogP contribution in [0, 0.1) is 6.92 Å². The van der Waals surface area contributed by atoms with Gasteiger partial charge in [-0.05, 0) is 52.7 Å². The van der Waals surface area contributed by atoms with Crippen LogP contribution in [0.3, 0.4) is 0 Å². The van der Waals surface area contributed by atoms with Crippen LogP contribution in [0.5, 0.6) is 0 Å². The van der Waals surface area contributed by atoms with Crippen molar-refractivity contribution in [1.82, 2.24) is 14.6 Å². The van der Waals surface area contributed by atoms with Crippen molar-refractivity contribution < 1.29 is 22.0 Å². The molecule has 0 amide bonds. The van der Waals surface area contributed by atoms with Crippen molar-refractivity contribution in [2.45, 2.75) is 18.5 Å². The van der Waals surface area contributed by atoms with E-state index < -0.39 is 22.8 Å². The van der Waals surface area contributed by atoms with Gasteiger partial charge in [0.2, 0.25) is 0 Å². The number of aryl methyl sites for hydroxylation is 1. The predicted octanol–water partition coefficient (Wildman–Crippen LogP) is 5.77. The third-order valence-corrected chi connectivity index (χ3v) is 4.61. The first-order valence-corrected chi connectivity index (χ1v) is 7.96. The molecule has 0 unspecified atom stereocenters. The molecule has 10 heteroatoms. The Hall–Kier alpha value is -1.74. The Labute approximate surface area is 151 Å². The van der Waals surface area contributed by atoms with Crippen LogP contribution in [-0.2, 0) is 11.6 Å². The number of aromatic nitrogens is 3. The maximum atomic E-state index is 13.8. The Bertz CT molecular complexity index is 945. The first-order chi connectivity index (χ1) is 11.5. The molecule has 3 rings (SSSR count). The molecule has 2 aromatic heterocycles. The highest BCUT2D eigenvalue weighted by atomic mass is 79.9. The van der Waals surface area contributed by atoms with Crippen LogP contribution in [0.25, 0.3) is 16.9 Å². The second kappa shape index (κ2) is 5.91. The molecule has 0 N–H and O–H groups in total. The average Bonchev–Trinajstić information content (AvgIpc) is 2.80. The van der Waals surface area contributed by atoms with E-state index in [1.54, 1.807) is 6.92 Å². The van der Waals surface area contributed by atoms with Crippen molar-refractivity contribution in [2.24, 2.45) is 0 Å². The van der Waals surface area contributed by atoms with Gasteiger partial charge >= 0.3 is 11.6 Å². The summed E-state index contributed by atoms with van der Waals surface area (Å²) in [7, 11) is 0. The second-order valence-electron chi connectivity index (χ2n) is 5.23. The highest BCUT2D eigenvalue weighted by molar-refractivity contribution is 9.10. The number of hydrogen-bond acceptors (Lipinski definition) is 2. The summed E-state index contributed by atoms with van der Waals surface area (Å²) in [5, 5.41) is 0.218. The van der Waals surface area contributed by atoms with E-state index in [1.807, 2.05) is 0 Å². The van der Waals surface area contributed by atoms with Gasteiger partial charge in [-0.15, -0.1) is 0 Å². The van der Waals surface area contributed by atoms with Gasteiger partial charge in [0.05, 0.1) is 21.4 Å². The van der Waals surface area contributed by atoms with E-state index in [4.69, 9.17) is 11.6 Å². The quantitative estimate of drug-likeness (QED) is 0.374. The third-order valence-electron chi connectivity index (χ3n) is 3.49. The lowest BCUT2D eigenvalue weighted by molar-refractivity contribution is -0.137. The minimum Gasteiger partial charge on any atom is -0.227 e. The number of hydrogen-bond donors (Lipinski definition) is 0. The first-order valence-electron chi connectivity index (χ1n) is 6.79. The highest BCUT2D eigenvalue weighted by Crippen LogP contribution is 2.37. The van der Waals surface area contributed by atoms with Crippen molar-refractivity contribution in [3.05, 3.63) is 51.8 Å².